The van der Waals surface area contributed by atoms with Crippen LogP contribution in [-0.4, -0.2) is 53.2 Å². The van der Waals surface area contributed by atoms with Gasteiger partial charge in [-0.1, -0.05) is 0 Å². The van der Waals surface area contributed by atoms with Gasteiger partial charge in [-0.05, 0) is 48.5 Å². The molecule has 0 aliphatic rings. The van der Waals surface area contributed by atoms with Gasteiger partial charge >= 0.3 is 18.0 Å². The van der Waals surface area contributed by atoms with Gasteiger partial charge in [-0.25, -0.2) is 19.1 Å². The number of carbonyl (C=O) groups is 3. The summed E-state index contributed by atoms with van der Waals surface area (Å²) < 4.78 is 16.6. The van der Waals surface area contributed by atoms with E-state index in [0.29, 0.717) is 0 Å². The third-order valence-corrected chi connectivity index (χ3v) is 3.32. The fraction of sp³-hybridized carbons (Fsp3) is 0.667. The molecule has 1 aromatic heterocycles. The van der Waals surface area contributed by atoms with Crippen molar-refractivity contribution in [3.63, 3.8) is 0 Å². The predicted octanol–water partition coefficient (Wildman–Crippen LogP) is 2.50. The summed E-state index contributed by atoms with van der Waals surface area (Å²) in [6, 6.07) is 1.32. The van der Waals surface area contributed by atoms with Crippen LogP contribution in [0.4, 0.5) is 4.79 Å². The number of alkyl carbamates (subject to hydrolysis) is 1. The number of hydrogen-bond donors (Lipinski definition) is 1. The third-order valence-electron chi connectivity index (χ3n) is 3.32. The van der Waals surface area contributed by atoms with Crippen molar-refractivity contribution in [3.8, 4) is 0 Å². The Labute approximate surface area is 159 Å². The molecule has 0 fully saturated rings. The number of hydrogen-bond acceptors (Lipinski definition) is 7. The molecule has 9 heteroatoms. The Morgan fingerprint density at radius 2 is 1.59 bits per heavy atom. The van der Waals surface area contributed by atoms with Gasteiger partial charge in [0.05, 0.1) is 18.8 Å². The first-order valence-electron chi connectivity index (χ1n) is 8.83. The van der Waals surface area contributed by atoms with Crippen molar-refractivity contribution in [1.82, 2.24) is 15.1 Å². The molecule has 0 aliphatic carbocycles. The molecule has 1 N–H and O–H groups in total. The Balaban J connectivity index is 3.10. The summed E-state index contributed by atoms with van der Waals surface area (Å²) in [6.45, 7) is 12.6. The molecule has 0 spiro atoms. The van der Waals surface area contributed by atoms with E-state index in [4.69, 9.17) is 14.2 Å². The molecule has 1 rings (SSSR count). The highest BCUT2D eigenvalue weighted by Gasteiger charge is 2.31. The van der Waals surface area contributed by atoms with Crippen LogP contribution in [0.3, 0.4) is 0 Å². The summed E-state index contributed by atoms with van der Waals surface area (Å²) in [5, 5.41) is 6.85. The lowest BCUT2D eigenvalue weighted by molar-refractivity contribution is 0.0478. The lowest BCUT2D eigenvalue weighted by Crippen LogP contribution is -2.44. The molecule has 0 bridgehead atoms. The van der Waals surface area contributed by atoms with Gasteiger partial charge < -0.3 is 19.5 Å². The molecule has 1 amide bonds. The second-order valence-electron chi connectivity index (χ2n) is 7.44. The summed E-state index contributed by atoms with van der Waals surface area (Å²) in [6.07, 6.45) is -0.592. The van der Waals surface area contributed by atoms with Crippen LogP contribution < -0.4 is 5.32 Å². The van der Waals surface area contributed by atoms with Gasteiger partial charge in [-0.3, -0.25) is 0 Å². The highest BCUT2D eigenvalue weighted by Crippen LogP contribution is 2.20. The molecule has 9 nitrogen and oxygen atoms in total. The molecule has 27 heavy (non-hydrogen) atoms. The Kier molecular flexibility index (Phi) is 7.38. The van der Waals surface area contributed by atoms with Crippen LogP contribution in [0.1, 0.15) is 69.4 Å². The van der Waals surface area contributed by atoms with Gasteiger partial charge in [-0.2, -0.15) is 5.10 Å². The van der Waals surface area contributed by atoms with Gasteiger partial charge in [-0.15, -0.1) is 0 Å². The van der Waals surface area contributed by atoms with Crippen LogP contribution in [0.5, 0.6) is 0 Å². The predicted molar refractivity (Wildman–Crippen MR) is 97.7 cm³/mol. The summed E-state index contributed by atoms with van der Waals surface area (Å²) in [7, 11) is 0. The molecule has 1 aromatic rings. The third kappa shape index (κ3) is 6.58. The van der Waals surface area contributed by atoms with E-state index in [1.165, 1.54) is 10.7 Å². The van der Waals surface area contributed by atoms with Gasteiger partial charge in [0.25, 0.3) is 0 Å². The van der Waals surface area contributed by atoms with Crippen LogP contribution in [-0.2, 0) is 19.7 Å². The Morgan fingerprint density at radius 3 is 2.11 bits per heavy atom. The molecule has 1 heterocycles. The topological polar surface area (TPSA) is 109 Å². The van der Waals surface area contributed by atoms with Crippen molar-refractivity contribution in [2.24, 2.45) is 0 Å². The number of amides is 1. The number of nitrogens with one attached hydrogen (secondary N) is 1. The number of rotatable bonds is 7. The van der Waals surface area contributed by atoms with Crippen LogP contribution >= 0.6 is 0 Å². The second-order valence-corrected chi connectivity index (χ2v) is 7.44. The molecular weight excluding hydrogens is 354 g/mol. The SMILES string of the molecule is CCOC(=O)c1cc(C(=O)OCC)n(C(C)(C)CNC(=O)OC(C)(C)C)n1. The number of carbonyl (C=O) groups excluding carboxylic acids is 3. The van der Waals surface area contributed by atoms with Crippen LogP contribution in [0, 0.1) is 0 Å². The fourth-order valence-corrected chi connectivity index (χ4v) is 2.18. The molecule has 0 unspecified atom stereocenters. The van der Waals surface area contributed by atoms with E-state index >= 15 is 0 Å². The first-order chi connectivity index (χ1) is 12.4. The maximum Gasteiger partial charge on any atom is 0.407 e. The maximum absolute atomic E-state index is 12.3. The molecule has 0 saturated heterocycles. The zero-order valence-corrected chi connectivity index (χ0v) is 17.0. The standard InChI is InChI=1S/C18H29N3O6/c1-8-25-14(22)12-10-13(15(23)26-9-2)21(20-12)18(6,7)11-19-16(24)27-17(3,4)5/h10H,8-9,11H2,1-7H3,(H,19,24). The normalized spacial score (nSPS) is 11.7. The zero-order valence-electron chi connectivity index (χ0n) is 17.0. The maximum atomic E-state index is 12.3. The minimum atomic E-state index is -0.844. The van der Waals surface area contributed by atoms with Crippen LogP contribution in [0.2, 0.25) is 0 Å². The number of nitrogens with zero attached hydrogens (tertiary/aromatic N) is 2. The Hall–Kier alpha value is -2.58. The van der Waals surface area contributed by atoms with E-state index in [0.717, 1.165) is 0 Å². The van der Waals surface area contributed by atoms with Crippen molar-refractivity contribution >= 4 is 18.0 Å². The van der Waals surface area contributed by atoms with Crippen molar-refractivity contribution in [1.29, 1.82) is 0 Å². The first-order valence-corrected chi connectivity index (χ1v) is 8.83. The summed E-state index contributed by atoms with van der Waals surface area (Å²) in [5.41, 5.74) is -1.39. The minimum absolute atomic E-state index is 0.00903. The highest BCUT2D eigenvalue weighted by atomic mass is 16.6. The first kappa shape index (κ1) is 22.5. The average molecular weight is 383 g/mol. The smallest absolute Gasteiger partial charge is 0.407 e. The van der Waals surface area contributed by atoms with Crippen molar-refractivity contribution < 1.29 is 28.6 Å². The summed E-state index contributed by atoms with van der Waals surface area (Å²) >= 11 is 0. The molecule has 152 valence electrons. The molecule has 0 radical (unpaired) electrons. The fourth-order valence-electron chi connectivity index (χ4n) is 2.18. The van der Waals surface area contributed by atoms with E-state index in [1.54, 1.807) is 48.5 Å². The Morgan fingerprint density at radius 1 is 1.04 bits per heavy atom. The highest BCUT2D eigenvalue weighted by molar-refractivity contribution is 5.93. The zero-order chi connectivity index (χ0) is 20.8. The summed E-state index contributed by atoms with van der Waals surface area (Å²) in [4.78, 5) is 36.2. The average Bonchev–Trinajstić information content (AvgIpc) is 2.98. The number of esters is 2. The number of ether oxygens (including phenoxy) is 3. The quantitative estimate of drug-likeness (QED) is 0.569. The van der Waals surface area contributed by atoms with Gasteiger partial charge in [0.1, 0.15) is 11.3 Å². The molecule has 0 atom stereocenters. The van der Waals surface area contributed by atoms with Crippen LogP contribution in [0.15, 0.2) is 6.07 Å². The molecule has 0 aromatic carbocycles. The number of aromatic nitrogens is 2. The van der Waals surface area contributed by atoms with E-state index < -0.39 is 29.2 Å². The van der Waals surface area contributed by atoms with E-state index in [-0.39, 0.29) is 31.1 Å². The Bertz CT molecular complexity index is 688. The molecule has 0 saturated carbocycles. The van der Waals surface area contributed by atoms with Crippen LogP contribution in [0.25, 0.3) is 0 Å². The van der Waals surface area contributed by atoms with Gasteiger partial charge in [0.2, 0.25) is 0 Å². The van der Waals surface area contributed by atoms with E-state index in [2.05, 4.69) is 10.4 Å². The van der Waals surface area contributed by atoms with E-state index in [1.807, 2.05) is 0 Å². The monoisotopic (exact) mass is 383 g/mol. The van der Waals surface area contributed by atoms with Gasteiger partial charge in [0.15, 0.2) is 5.69 Å². The largest absolute Gasteiger partial charge is 0.461 e. The second kappa shape index (κ2) is 8.88. The molecule has 0 aliphatic heterocycles. The minimum Gasteiger partial charge on any atom is -0.461 e. The van der Waals surface area contributed by atoms with Crippen molar-refractivity contribution in [3.05, 3.63) is 17.5 Å². The lowest BCUT2D eigenvalue weighted by Gasteiger charge is -2.28. The lowest BCUT2D eigenvalue weighted by atomic mass is 10.1. The van der Waals surface area contributed by atoms with Gasteiger partial charge in [0, 0.05) is 12.6 Å². The molecular formula is C18H29N3O6. The van der Waals surface area contributed by atoms with Crippen molar-refractivity contribution in [2.75, 3.05) is 19.8 Å². The summed E-state index contributed by atoms with van der Waals surface area (Å²) in [5.74, 6) is -1.26. The van der Waals surface area contributed by atoms with Crippen molar-refractivity contribution in [2.45, 2.75) is 59.6 Å². The van der Waals surface area contributed by atoms with E-state index in [9.17, 15) is 14.4 Å².